The van der Waals surface area contributed by atoms with Gasteiger partial charge in [0, 0.05) is 22.3 Å². The van der Waals surface area contributed by atoms with Crippen molar-refractivity contribution in [2.24, 2.45) is 5.92 Å². The van der Waals surface area contributed by atoms with Crippen molar-refractivity contribution in [1.29, 1.82) is 0 Å². The quantitative estimate of drug-likeness (QED) is 0.501. The van der Waals surface area contributed by atoms with Gasteiger partial charge in [0.25, 0.3) is 0 Å². The lowest BCUT2D eigenvalue weighted by molar-refractivity contribution is -0.130. The normalized spacial score (nSPS) is 23.0. The molecule has 34 heavy (non-hydrogen) atoms. The first kappa shape index (κ1) is 22.4. The van der Waals surface area contributed by atoms with Crippen molar-refractivity contribution in [3.63, 3.8) is 0 Å². The predicted molar refractivity (Wildman–Crippen MR) is 133 cm³/mol. The van der Waals surface area contributed by atoms with Crippen LogP contribution in [0.15, 0.2) is 66.7 Å². The van der Waals surface area contributed by atoms with Crippen molar-refractivity contribution in [3.8, 4) is 5.75 Å². The smallest absolute Gasteiger partial charge is 0.250 e. The maximum Gasteiger partial charge on any atom is 0.250 e. The molecule has 3 aromatic rings. The summed E-state index contributed by atoms with van der Waals surface area (Å²) in [5, 5.41) is 10.1. The van der Waals surface area contributed by atoms with Crippen molar-refractivity contribution in [1.82, 2.24) is 5.32 Å². The molecule has 0 radical (unpaired) electrons. The third kappa shape index (κ3) is 3.73. The summed E-state index contributed by atoms with van der Waals surface area (Å²) in [7, 11) is 1.54. The third-order valence-electron chi connectivity index (χ3n) is 6.83. The summed E-state index contributed by atoms with van der Waals surface area (Å²) in [5.41, 5.74) is 3.02. The number of hydrogen-bond acceptors (Lipinski definition) is 4. The molecule has 0 bridgehead atoms. The van der Waals surface area contributed by atoms with E-state index >= 15 is 0 Å². The van der Waals surface area contributed by atoms with Crippen molar-refractivity contribution < 1.29 is 14.3 Å². The Bertz CT molecular complexity index is 1260. The number of methoxy groups -OCH3 is 1. The molecule has 5 rings (SSSR count). The van der Waals surface area contributed by atoms with Crippen LogP contribution in [0.4, 0.5) is 11.4 Å². The standard InChI is InChI=1S/C27H26ClN3O3/c1-16-7-6-10-20-24(16)30-26(33)27(20)21(15-19(31-27)13-17-8-4-3-5-9-17)25(32)29-22-14-18(28)11-12-23(22)34-2/h3-12,14,19,21,31H,13,15H2,1-2H3,(H,29,32)(H,30,33). The lowest BCUT2D eigenvalue weighted by Crippen LogP contribution is -2.52. The molecule has 0 aromatic heterocycles. The number of rotatable bonds is 5. The third-order valence-corrected chi connectivity index (χ3v) is 7.06. The molecular weight excluding hydrogens is 450 g/mol. The Balaban J connectivity index is 1.54. The Hall–Kier alpha value is -3.35. The number of ether oxygens (including phenoxy) is 1. The van der Waals surface area contributed by atoms with Crippen molar-refractivity contribution in [2.45, 2.75) is 31.3 Å². The van der Waals surface area contributed by atoms with Crippen LogP contribution in [0.1, 0.15) is 23.1 Å². The average Bonchev–Trinajstić information content (AvgIpc) is 3.34. The number of hydrogen-bond donors (Lipinski definition) is 3. The van der Waals surface area contributed by atoms with Crippen LogP contribution >= 0.6 is 11.6 Å². The fourth-order valence-electron chi connectivity index (χ4n) is 5.26. The molecule has 2 aliphatic heterocycles. The number of nitrogens with one attached hydrogen (secondary N) is 3. The van der Waals surface area contributed by atoms with E-state index in [0.717, 1.165) is 22.4 Å². The minimum atomic E-state index is -1.16. The van der Waals surface area contributed by atoms with Gasteiger partial charge < -0.3 is 15.4 Å². The lowest BCUT2D eigenvalue weighted by Gasteiger charge is -2.29. The number of carbonyl (C=O) groups excluding carboxylic acids is 2. The number of halogens is 1. The highest BCUT2D eigenvalue weighted by Crippen LogP contribution is 2.48. The summed E-state index contributed by atoms with van der Waals surface area (Å²) < 4.78 is 5.41. The molecule has 3 atom stereocenters. The first-order valence-corrected chi connectivity index (χ1v) is 11.7. The zero-order chi connectivity index (χ0) is 23.9. The second-order valence-electron chi connectivity index (χ2n) is 8.91. The molecule has 2 amide bonds. The Morgan fingerprint density at radius 3 is 2.71 bits per heavy atom. The number of amides is 2. The Labute approximate surface area is 203 Å². The SMILES string of the molecule is COc1ccc(Cl)cc1NC(=O)C1CC(Cc2ccccc2)NC12C(=O)Nc1c(C)cccc12. The molecule has 1 spiro atoms. The van der Waals surface area contributed by atoms with Crippen LogP contribution in [-0.2, 0) is 21.5 Å². The summed E-state index contributed by atoms with van der Waals surface area (Å²) in [6.45, 7) is 1.96. The van der Waals surface area contributed by atoms with Crippen molar-refractivity contribution in [3.05, 3.63) is 88.4 Å². The Morgan fingerprint density at radius 1 is 1.15 bits per heavy atom. The lowest BCUT2D eigenvalue weighted by atomic mass is 9.79. The second kappa shape index (κ2) is 8.78. The number of benzene rings is 3. The van der Waals surface area contributed by atoms with Crippen LogP contribution in [0.2, 0.25) is 5.02 Å². The Kier molecular flexibility index (Phi) is 5.80. The van der Waals surface area contributed by atoms with E-state index in [-0.39, 0.29) is 17.9 Å². The molecule has 1 saturated heterocycles. The van der Waals surface area contributed by atoms with Gasteiger partial charge in [-0.15, -0.1) is 0 Å². The highest BCUT2D eigenvalue weighted by atomic mass is 35.5. The van der Waals surface area contributed by atoms with Crippen LogP contribution < -0.4 is 20.7 Å². The first-order chi connectivity index (χ1) is 16.4. The van der Waals surface area contributed by atoms with Gasteiger partial charge in [-0.2, -0.15) is 0 Å². The van der Waals surface area contributed by atoms with E-state index in [0.29, 0.717) is 29.3 Å². The van der Waals surface area contributed by atoms with E-state index in [1.54, 1.807) is 18.2 Å². The van der Waals surface area contributed by atoms with Crippen molar-refractivity contribution >= 4 is 34.8 Å². The van der Waals surface area contributed by atoms with Gasteiger partial charge in [0.05, 0.1) is 18.7 Å². The van der Waals surface area contributed by atoms with Crippen LogP contribution in [0, 0.1) is 12.8 Å². The van der Waals surface area contributed by atoms with E-state index < -0.39 is 11.5 Å². The molecule has 0 saturated carbocycles. The largest absolute Gasteiger partial charge is 0.495 e. The molecule has 3 aromatic carbocycles. The number of fused-ring (bicyclic) bond motifs is 2. The molecule has 7 heteroatoms. The zero-order valence-corrected chi connectivity index (χ0v) is 19.8. The topological polar surface area (TPSA) is 79.5 Å². The van der Waals surface area contributed by atoms with Gasteiger partial charge in [-0.25, -0.2) is 0 Å². The highest BCUT2D eigenvalue weighted by molar-refractivity contribution is 6.31. The van der Waals surface area contributed by atoms with Gasteiger partial charge in [-0.3, -0.25) is 14.9 Å². The summed E-state index contributed by atoms with van der Waals surface area (Å²) >= 11 is 6.18. The zero-order valence-electron chi connectivity index (χ0n) is 19.0. The number of carbonyl (C=O) groups is 2. The number of anilines is 2. The highest BCUT2D eigenvalue weighted by Gasteiger charge is 2.60. The van der Waals surface area contributed by atoms with Crippen LogP contribution in [-0.4, -0.2) is 25.0 Å². The average molecular weight is 476 g/mol. The van der Waals surface area contributed by atoms with Gasteiger partial charge in [-0.1, -0.05) is 60.1 Å². The fraction of sp³-hybridized carbons (Fsp3) is 0.259. The van der Waals surface area contributed by atoms with Crippen molar-refractivity contribution in [2.75, 3.05) is 17.7 Å². The van der Waals surface area contributed by atoms with Gasteiger partial charge in [0.2, 0.25) is 11.8 Å². The van der Waals surface area contributed by atoms with Gasteiger partial charge in [-0.05, 0) is 49.1 Å². The predicted octanol–water partition coefficient (Wildman–Crippen LogP) is 4.66. The summed E-state index contributed by atoms with van der Waals surface area (Å²) in [6, 6.07) is 20.9. The van der Waals surface area contributed by atoms with Gasteiger partial charge in [0.15, 0.2) is 0 Å². The number of aryl methyl sites for hydroxylation is 1. The molecule has 2 heterocycles. The number of para-hydroxylation sites is 1. The molecule has 3 unspecified atom stereocenters. The molecule has 174 valence electrons. The minimum absolute atomic E-state index is 0.0587. The summed E-state index contributed by atoms with van der Waals surface area (Å²) in [4.78, 5) is 27.3. The monoisotopic (exact) mass is 475 g/mol. The maximum absolute atomic E-state index is 13.8. The van der Waals surface area contributed by atoms with E-state index in [1.807, 2.05) is 43.3 Å². The van der Waals surface area contributed by atoms with E-state index in [4.69, 9.17) is 16.3 Å². The molecule has 0 aliphatic carbocycles. The van der Waals surface area contributed by atoms with Crippen LogP contribution in [0.25, 0.3) is 0 Å². The summed E-state index contributed by atoms with van der Waals surface area (Å²) in [5.74, 6) is -0.586. The van der Waals surface area contributed by atoms with E-state index in [2.05, 4.69) is 28.1 Å². The first-order valence-electron chi connectivity index (χ1n) is 11.3. The second-order valence-corrected chi connectivity index (χ2v) is 9.35. The molecular formula is C27H26ClN3O3. The van der Waals surface area contributed by atoms with E-state index in [1.165, 1.54) is 7.11 Å². The molecule has 1 fully saturated rings. The summed E-state index contributed by atoms with van der Waals surface area (Å²) in [6.07, 6.45) is 1.21. The molecule has 2 aliphatic rings. The van der Waals surface area contributed by atoms with E-state index in [9.17, 15) is 9.59 Å². The van der Waals surface area contributed by atoms with Gasteiger partial charge in [0.1, 0.15) is 11.3 Å². The Morgan fingerprint density at radius 2 is 1.94 bits per heavy atom. The van der Waals surface area contributed by atoms with Crippen LogP contribution in [0.5, 0.6) is 5.75 Å². The van der Waals surface area contributed by atoms with Crippen LogP contribution in [0.3, 0.4) is 0 Å². The minimum Gasteiger partial charge on any atom is -0.495 e. The van der Waals surface area contributed by atoms with Gasteiger partial charge >= 0.3 is 0 Å². The molecule has 3 N–H and O–H groups in total. The fourth-order valence-corrected chi connectivity index (χ4v) is 5.44. The molecule has 6 nitrogen and oxygen atoms in total. The maximum atomic E-state index is 13.8.